The van der Waals surface area contributed by atoms with Crippen LogP contribution in [0.15, 0.2) is 60.7 Å². The molecule has 3 N–H and O–H groups in total. The van der Waals surface area contributed by atoms with Gasteiger partial charge in [-0.2, -0.15) is 0 Å². The number of carboxylic acid groups (broad SMARTS) is 1. The molecule has 0 amide bonds. The summed E-state index contributed by atoms with van der Waals surface area (Å²) in [4.78, 5) is 11.2. The molecule has 0 heterocycles. The van der Waals surface area contributed by atoms with Crippen LogP contribution in [0, 0.1) is 5.82 Å². The molecule has 0 saturated carbocycles. The molecule has 8 heteroatoms. The van der Waals surface area contributed by atoms with E-state index in [2.05, 4.69) is 5.32 Å². The van der Waals surface area contributed by atoms with Crippen molar-refractivity contribution in [3.63, 3.8) is 0 Å². The molecule has 1 unspecified atom stereocenters. The molecule has 0 aliphatic rings. The molecule has 3 aromatic carbocycles. The molecule has 2 atom stereocenters. The van der Waals surface area contributed by atoms with Crippen LogP contribution in [0.3, 0.4) is 0 Å². The van der Waals surface area contributed by atoms with Crippen molar-refractivity contribution in [1.82, 2.24) is 5.32 Å². The van der Waals surface area contributed by atoms with Crippen molar-refractivity contribution < 1.29 is 28.9 Å². The summed E-state index contributed by atoms with van der Waals surface area (Å²) >= 11 is 5.79. The summed E-state index contributed by atoms with van der Waals surface area (Å²) in [7, 11) is 0. The fourth-order valence-corrected chi connectivity index (χ4v) is 4.72. The second kappa shape index (κ2) is 13.1. The maximum Gasteiger partial charge on any atom is 0.511 e. The second-order valence-corrected chi connectivity index (χ2v) is 12.1. The molecule has 3 rings (SSSR count). The van der Waals surface area contributed by atoms with Gasteiger partial charge in [0, 0.05) is 17.6 Å². The van der Waals surface area contributed by atoms with Crippen LogP contribution in [-0.4, -0.2) is 41.2 Å². The van der Waals surface area contributed by atoms with Gasteiger partial charge < -0.3 is 25.0 Å². The SMILES string of the molecule is CC(OC[C@H](O)CNC(C)(C)Cc1ccc(Cl)c(F)c1)c1ccccc1-c1ccc(OC(=O)O)c(C(C)(C)C)c1. The number of ether oxygens (including phenoxy) is 2. The zero-order chi connectivity index (χ0) is 29.7. The lowest BCUT2D eigenvalue weighted by Crippen LogP contribution is -2.46. The molecule has 3 aromatic rings. The largest absolute Gasteiger partial charge is 0.511 e. The van der Waals surface area contributed by atoms with E-state index in [9.17, 15) is 14.3 Å². The third-order valence-corrected chi connectivity index (χ3v) is 6.99. The van der Waals surface area contributed by atoms with Crippen molar-refractivity contribution in [2.75, 3.05) is 13.2 Å². The van der Waals surface area contributed by atoms with Gasteiger partial charge in [-0.25, -0.2) is 9.18 Å². The van der Waals surface area contributed by atoms with Gasteiger partial charge in [-0.15, -0.1) is 0 Å². The highest BCUT2D eigenvalue weighted by molar-refractivity contribution is 6.30. The average molecular weight is 572 g/mol. The first-order valence-corrected chi connectivity index (χ1v) is 13.7. The maximum absolute atomic E-state index is 13.8. The molecule has 0 fully saturated rings. The summed E-state index contributed by atoms with van der Waals surface area (Å²) < 4.78 is 24.9. The number of hydrogen-bond donors (Lipinski definition) is 3. The van der Waals surface area contributed by atoms with Crippen LogP contribution >= 0.6 is 11.6 Å². The molecule has 0 spiro atoms. The van der Waals surface area contributed by atoms with Crippen molar-refractivity contribution in [2.24, 2.45) is 0 Å². The first-order chi connectivity index (χ1) is 18.7. The number of hydrogen-bond acceptors (Lipinski definition) is 5. The molecule has 6 nitrogen and oxygen atoms in total. The molecule has 0 aliphatic heterocycles. The minimum absolute atomic E-state index is 0.0941. The van der Waals surface area contributed by atoms with E-state index < -0.39 is 18.1 Å². The molecule has 216 valence electrons. The summed E-state index contributed by atoms with van der Waals surface area (Å²) in [5.41, 5.74) is 3.67. The lowest BCUT2D eigenvalue weighted by molar-refractivity contribution is -0.00397. The summed E-state index contributed by atoms with van der Waals surface area (Å²) in [6.07, 6.45) is -1.86. The number of nitrogens with one attached hydrogen (secondary N) is 1. The Hall–Kier alpha value is -2.97. The quantitative estimate of drug-likeness (QED) is 0.163. The van der Waals surface area contributed by atoms with Gasteiger partial charge in [-0.05, 0) is 79.1 Å². The Bertz CT molecular complexity index is 1320. The Balaban J connectivity index is 1.66. The van der Waals surface area contributed by atoms with Gasteiger partial charge >= 0.3 is 6.16 Å². The van der Waals surface area contributed by atoms with E-state index in [-0.39, 0.29) is 28.7 Å². The van der Waals surface area contributed by atoms with Crippen LogP contribution in [0.4, 0.5) is 9.18 Å². The van der Waals surface area contributed by atoms with E-state index in [1.165, 1.54) is 6.07 Å². The van der Waals surface area contributed by atoms with E-state index in [1.807, 2.05) is 77.9 Å². The number of rotatable bonds is 11. The summed E-state index contributed by atoms with van der Waals surface area (Å²) in [5, 5.41) is 23.2. The molecule has 0 saturated heterocycles. The van der Waals surface area contributed by atoms with Crippen molar-refractivity contribution in [3.05, 3.63) is 88.2 Å². The Morgan fingerprint density at radius 2 is 1.75 bits per heavy atom. The standard InChI is InChI=1S/C32H39ClFNO5/c1-20(39-19-23(36)18-35-32(5,6)17-21-11-13-27(33)28(34)15-21)24-9-7-8-10-25(24)22-12-14-29(40-30(37)38)26(16-22)31(2,3)4/h7-16,20,23,35-36H,17-19H2,1-6H3,(H,37,38)/t20?,23-/m1/s1. The van der Waals surface area contributed by atoms with Crippen LogP contribution in [0.2, 0.25) is 5.02 Å². The van der Waals surface area contributed by atoms with Crippen LogP contribution in [-0.2, 0) is 16.6 Å². The normalized spacial score (nSPS) is 13.6. The van der Waals surface area contributed by atoms with Crippen molar-refractivity contribution in [3.8, 4) is 16.9 Å². The fraction of sp³-hybridized carbons (Fsp3) is 0.406. The van der Waals surface area contributed by atoms with Crippen molar-refractivity contribution >= 4 is 17.8 Å². The predicted octanol–water partition coefficient (Wildman–Crippen LogP) is 7.55. The molecule has 0 bridgehead atoms. The third kappa shape index (κ3) is 8.77. The van der Waals surface area contributed by atoms with Gasteiger partial charge in [0.2, 0.25) is 0 Å². The van der Waals surface area contributed by atoms with Gasteiger partial charge in [-0.1, -0.05) is 68.8 Å². The van der Waals surface area contributed by atoms with Crippen molar-refractivity contribution in [2.45, 2.75) is 71.1 Å². The van der Waals surface area contributed by atoms with E-state index in [0.29, 0.717) is 18.7 Å². The number of β-amino-alcohol motifs (C(OH)–C–C–N with tert-alkyl or cyclic N) is 1. The number of halogens is 2. The maximum atomic E-state index is 13.8. The van der Waals surface area contributed by atoms with Crippen LogP contribution < -0.4 is 10.1 Å². The van der Waals surface area contributed by atoms with Crippen LogP contribution in [0.1, 0.15) is 64.3 Å². The van der Waals surface area contributed by atoms with E-state index in [1.54, 1.807) is 18.2 Å². The van der Waals surface area contributed by atoms with Crippen LogP contribution in [0.5, 0.6) is 5.75 Å². The summed E-state index contributed by atoms with van der Waals surface area (Å²) in [5.74, 6) is -0.137. The van der Waals surface area contributed by atoms with Gasteiger partial charge in [0.1, 0.15) is 11.6 Å². The Morgan fingerprint density at radius 1 is 1.05 bits per heavy atom. The Kier molecular flexibility index (Phi) is 10.4. The topological polar surface area (TPSA) is 88.0 Å². The summed E-state index contributed by atoms with van der Waals surface area (Å²) in [6, 6.07) is 18.1. The monoisotopic (exact) mass is 571 g/mol. The number of carbonyl (C=O) groups is 1. The molecule has 40 heavy (non-hydrogen) atoms. The first kappa shape index (κ1) is 31.6. The van der Waals surface area contributed by atoms with Crippen LogP contribution in [0.25, 0.3) is 11.1 Å². The number of benzene rings is 3. The average Bonchev–Trinajstić information content (AvgIpc) is 2.87. The number of aliphatic hydroxyl groups is 1. The lowest BCUT2D eigenvalue weighted by atomic mass is 9.84. The van der Waals surface area contributed by atoms with Gasteiger partial charge in [0.15, 0.2) is 0 Å². The molecule has 0 aromatic heterocycles. The highest BCUT2D eigenvalue weighted by atomic mass is 35.5. The second-order valence-electron chi connectivity index (χ2n) is 11.7. The Morgan fingerprint density at radius 3 is 2.40 bits per heavy atom. The van der Waals surface area contributed by atoms with Gasteiger partial charge in [0.05, 0.1) is 23.8 Å². The summed E-state index contributed by atoms with van der Waals surface area (Å²) in [6.45, 7) is 12.3. The minimum atomic E-state index is -1.35. The lowest BCUT2D eigenvalue weighted by Gasteiger charge is -2.28. The first-order valence-electron chi connectivity index (χ1n) is 13.3. The van der Waals surface area contributed by atoms with Gasteiger partial charge in [-0.3, -0.25) is 0 Å². The smallest absolute Gasteiger partial charge is 0.449 e. The Labute approximate surface area is 241 Å². The molecular weight excluding hydrogens is 533 g/mol. The molecule has 0 radical (unpaired) electrons. The van der Waals surface area contributed by atoms with Gasteiger partial charge in [0.25, 0.3) is 0 Å². The highest BCUT2D eigenvalue weighted by Crippen LogP contribution is 2.37. The minimum Gasteiger partial charge on any atom is -0.449 e. The van der Waals surface area contributed by atoms with Crippen molar-refractivity contribution in [1.29, 1.82) is 0 Å². The molecular formula is C32H39ClFNO5. The van der Waals surface area contributed by atoms with E-state index >= 15 is 0 Å². The predicted molar refractivity (Wildman–Crippen MR) is 157 cm³/mol. The van der Waals surface area contributed by atoms with E-state index in [0.717, 1.165) is 27.8 Å². The third-order valence-electron chi connectivity index (χ3n) is 6.68. The number of aliphatic hydroxyl groups excluding tert-OH is 1. The zero-order valence-electron chi connectivity index (χ0n) is 23.9. The molecule has 0 aliphatic carbocycles. The zero-order valence-corrected chi connectivity index (χ0v) is 24.7. The van der Waals surface area contributed by atoms with E-state index in [4.69, 9.17) is 26.2 Å². The highest BCUT2D eigenvalue weighted by Gasteiger charge is 2.24. The fourth-order valence-electron chi connectivity index (χ4n) is 4.60.